The number of nitrogens with zero attached hydrogens (tertiary/aromatic N) is 2. The van der Waals surface area contributed by atoms with Crippen molar-refractivity contribution in [3.05, 3.63) is 64.7 Å². The van der Waals surface area contributed by atoms with Crippen LogP contribution in [0.25, 0.3) is 6.08 Å². The van der Waals surface area contributed by atoms with Gasteiger partial charge in [0.25, 0.3) is 0 Å². The molecule has 1 aromatic carbocycles. The van der Waals surface area contributed by atoms with Crippen LogP contribution in [0.15, 0.2) is 47.9 Å². The van der Waals surface area contributed by atoms with Gasteiger partial charge in [0.15, 0.2) is 0 Å². The van der Waals surface area contributed by atoms with Gasteiger partial charge in [0.05, 0.1) is 6.54 Å². The molecule has 2 rings (SSSR count). The van der Waals surface area contributed by atoms with Gasteiger partial charge in [-0.2, -0.15) is 4.98 Å². The Morgan fingerprint density at radius 3 is 2.59 bits per heavy atom. The molecule has 0 spiro atoms. The molecule has 86 valence electrons. The van der Waals surface area contributed by atoms with Crippen LogP contribution in [0.1, 0.15) is 11.1 Å². The van der Waals surface area contributed by atoms with Crippen molar-refractivity contribution in [3.8, 4) is 0 Å². The molecule has 1 aromatic heterocycles. The van der Waals surface area contributed by atoms with Crippen LogP contribution in [0.3, 0.4) is 0 Å². The third-order valence-corrected chi connectivity index (χ3v) is 2.46. The van der Waals surface area contributed by atoms with Crippen molar-refractivity contribution in [2.45, 2.75) is 6.54 Å². The number of nitrogen functional groups attached to an aromatic ring is 1. The molecule has 0 bridgehead atoms. The van der Waals surface area contributed by atoms with Crippen LogP contribution in [0.4, 0.5) is 5.82 Å². The summed E-state index contributed by atoms with van der Waals surface area (Å²) < 4.78 is 1.51. The van der Waals surface area contributed by atoms with Gasteiger partial charge in [-0.25, -0.2) is 4.79 Å². The zero-order valence-corrected chi connectivity index (χ0v) is 9.34. The van der Waals surface area contributed by atoms with Crippen molar-refractivity contribution in [3.63, 3.8) is 0 Å². The quantitative estimate of drug-likeness (QED) is 0.864. The third-order valence-electron chi connectivity index (χ3n) is 2.46. The van der Waals surface area contributed by atoms with Crippen molar-refractivity contribution in [1.29, 1.82) is 0 Å². The minimum absolute atomic E-state index is 0.244. The Hall–Kier alpha value is -2.36. The van der Waals surface area contributed by atoms with Crippen LogP contribution < -0.4 is 11.4 Å². The molecule has 0 aliphatic rings. The lowest BCUT2D eigenvalue weighted by Gasteiger charge is -2.05. The molecule has 0 unspecified atom stereocenters. The number of anilines is 1. The first-order chi connectivity index (χ1) is 8.19. The van der Waals surface area contributed by atoms with Gasteiger partial charge in [-0.15, -0.1) is 0 Å². The van der Waals surface area contributed by atoms with E-state index in [2.05, 4.69) is 11.6 Å². The smallest absolute Gasteiger partial charge is 0.349 e. The van der Waals surface area contributed by atoms with Crippen LogP contribution in [0.5, 0.6) is 0 Å². The molecule has 2 aromatic rings. The Kier molecular flexibility index (Phi) is 3.05. The number of nitrogens with two attached hydrogens (primary N) is 1. The normalized spacial score (nSPS) is 10.1. The second-order valence-corrected chi connectivity index (χ2v) is 3.71. The lowest BCUT2D eigenvalue weighted by Crippen LogP contribution is -2.23. The largest absolute Gasteiger partial charge is 0.383 e. The lowest BCUT2D eigenvalue weighted by atomic mass is 10.1. The summed E-state index contributed by atoms with van der Waals surface area (Å²) >= 11 is 0. The Bertz CT molecular complexity index is 584. The molecule has 0 aliphatic carbocycles. The first-order valence-electron chi connectivity index (χ1n) is 5.23. The summed E-state index contributed by atoms with van der Waals surface area (Å²) in [6.07, 6.45) is 3.42. The molecule has 4 heteroatoms. The van der Waals surface area contributed by atoms with Gasteiger partial charge >= 0.3 is 5.69 Å². The molecule has 0 fully saturated rings. The highest BCUT2D eigenvalue weighted by Gasteiger charge is 1.99. The van der Waals surface area contributed by atoms with E-state index in [4.69, 9.17) is 5.73 Å². The molecule has 0 saturated carbocycles. The van der Waals surface area contributed by atoms with Crippen molar-refractivity contribution >= 4 is 11.9 Å². The average molecular weight is 227 g/mol. The van der Waals surface area contributed by atoms with E-state index in [-0.39, 0.29) is 11.5 Å². The van der Waals surface area contributed by atoms with Crippen LogP contribution in [0, 0.1) is 0 Å². The second-order valence-electron chi connectivity index (χ2n) is 3.71. The maximum absolute atomic E-state index is 11.5. The van der Waals surface area contributed by atoms with Crippen molar-refractivity contribution in [2.24, 2.45) is 0 Å². The van der Waals surface area contributed by atoms with Crippen molar-refractivity contribution < 1.29 is 0 Å². The monoisotopic (exact) mass is 227 g/mol. The van der Waals surface area contributed by atoms with Crippen molar-refractivity contribution in [2.75, 3.05) is 5.73 Å². The molecule has 0 amide bonds. The minimum atomic E-state index is -0.335. The Morgan fingerprint density at radius 1 is 1.29 bits per heavy atom. The molecule has 1 heterocycles. The van der Waals surface area contributed by atoms with E-state index in [0.717, 1.165) is 11.1 Å². The minimum Gasteiger partial charge on any atom is -0.383 e. The maximum Gasteiger partial charge on any atom is 0.349 e. The van der Waals surface area contributed by atoms with Gasteiger partial charge in [0.2, 0.25) is 0 Å². The molecule has 0 saturated heterocycles. The number of hydrogen-bond donors (Lipinski definition) is 1. The average Bonchev–Trinajstić information content (AvgIpc) is 2.34. The fraction of sp³-hybridized carbons (Fsp3) is 0.0769. The summed E-state index contributed by atoms with van der Waals surface area (Å²) in [5.74, 6) is 0.244. The van der Waals surface area contributed by atoms with Crippen LogP contribution >= 0.6 is 0 Å². The van der Waals surface area contributed by atoms with E-state index in [1.807, 2.05) is 24.3 Å². The van der Waals surface area contributed by atoms with Gasteiger partial charge in [-0.3, -0.25) is 4.57 Å². The predicted molar refractivity (Wildman–Crippen MR) is 68.5 cm³/mol. The number of hydrogen-bond acceptors (Lipinski definition) is 3. The van der Waals surface area contributed by atoms with Gasteiger partial charge in [-0.05, 0) is 17.2 Å². The van der Waals surface area contributed by atoms with Gasteiger partial charge in [0.1, 0.15) is 5.82 Å². The van der Waals surface area contributed by atoms with E-state index in [1.54, 1.807) is 18.3 Å². The van der Waals surface area contributed by atoms with Gasteiger partial charge in [-0.1, -0.05) is 36.9 Å². The topological polar surface area (TPSA) is 60.9 Å². The Labute approximate surface area is 99.0 Å². The molecular formula is C13H13N3O. The van der Waals surface area contributed by atoms with E-state index in [1.165, 1.54) is 4.57 Å². The fourth-order valence-corrected chi connectivity index (χ4v) is 1.52. The molecule has 4 nitrogen and oxygen atoms in total. The summed E-state index contributed by atoms with van der Waals surface area (Å²) in [5, 5.41) is 0. The van der Waals surface area contributed by atoms with Crippen LogP contribution in [-0.4, -0.2) is 9.55 Å². The maximum atomic E-state index is 11.5. The summed E-state index contributed by atoms with van der Waals surface area (Å²) in [6, 6.07) is 9.44. The molecule has 0 atom stereocenters. The molecule has 17 heavy (non-hydrogen) atoms. The lowest BCUT2D eigenvalue weighted by molar-refractivity contribution is 0.729. The number of benzene rings is 1. The highest BCUT2D eigenvalue weighted by atomic mass is 16.1. The Balaban J connectivity index is 2.25. The van der Waals surface area contributed by atoms with Gasteiger partial charge < -0.3 is 5.73 Å². The zero-order valence-electron chi connectivity index (χ0n) is 9.34. The summed E-state index contributed by atoms with van der Waals surface area (Å²) in [4.78, 5) is 15.2. The van der Waals surface area contributed by atoms with E-state index in [9.17, 15) is 4.79 Å². The zero-order chi connectivity index (χ0) is 12.3. The molecule has 0 radical (unpaired) electrons. The van der Waals surface area contributed by atoms with Crippen LogP contribution in [-0.2, 0) is 6.54 Å². The molecular weight excluding hydrogens is 214 g/mol. The standard InChI is InChI=1S/C13H13N3O/c1-2-10-3-5-11(6-4-10)9-16-8-7-12(14)15-13(16)17/h2-8H,1,9H2,(H2,14,15,17). The predicted octanol–water partition coefficient (Wildman–Crippen LogP) is 1.52. The number of rotatable bonds is 3. The van der Waals surface area contributed by atoms with E-state index >= 15 is 0 Å². The van der Waals surface area contributed by atoms with Gasteiger partial charge in [0, 0.05) is 6.20 Å². The van der Waals surface area contributed by atoms with E-state index < -0.39 is 0 Å². The fourth-order valence-electron chi connectivity index (χ4n) is 1.52. The first-order valence-corrected chi connectivity index (χ1v) is 5.23. The Morgan fingerprint density at radius 2 is 2.00 bits per heavy atom. The van der Waals surface area contributed by atoms with Crippen LogP contribution in [0.2, 0.25) is 0 Å². The SMILES string of the molecule is C=Cc1ccc(Cn2ccc(N)nc2=O)cc1. The number of aromatic nitrogens is 2. The third kappa shape index (κ3) is 2.60. The molecule has 2 N–H and O–H groups in total. The van der Waals surface area contributed by atoms with Crippen molar-refractivity contribution in [1.82, 2.24) is 9.55 Å². The summed E-state index contributed by atoms with van der Waals surface area (Å²) in [6.45, 7) is 4.18. The highest BCUT2D eigenvalue weighted by Crippen LogP contribution is 2.06. The summed E-state index contributed by atoms with van der Waals surface area (Å²) in [7, 11) is 0. The first kappa shape index (κ1) is 11.1. The summed E-state index contributed by atoms with van der Waals surface area (Å²) in [5.41, 5.74) is 7.17. The second kappa shape index (κ2) is 4.65. The highest BCUT2D eigenvalue weighted by molar-refractivity contribution is 5.47. The molecule has 0 aliphatic heterocycles. The van der Waals surface area contributed by atoms with E-state index in [0.29, 0.717) is 6.54 Å².